The van der Waals surface area contributed by atoms with Gasteiger partial charge >= 0.3 is 0 Å². The first-order chi connectivity index (χ1) is 19.0. The quantitative estimate of drug-likeness (QED) is 0.180. The molecule has 3 heteroatoms. The number of nitrogens with zero attached hydrogens (tertiary/aromatic N) is 2. The summed E-state index contributed by atoms with van der Waals surface area (Å²) in [5.41, 5.74) is 6.41. The second-order valence-electron chi connectivity index (χ2n) is 11.4. The van der Waals surface area contributed by atoms with Crippen molar-refractivity contribution < 1.29 is 9.31 Å². The summed E-state index contributed by atoms with van der Waals surface area (Å²) in [7, 11) is 0. The van der Waals surface area contributed by atoms with Gasteiger partial charge in [0.1, 0.15) is 6.54 Å². The Morgan fingerprint density at radius 3 is 2.28 bits per heavy atom. The van der Waals surface area contributed by atoms with Crippen LogP contribution in [-0.2, 0) is 5.41 Å². The molecule has 198 valence electrons. The number of fused-ring (bicyclic) bond motifs is 6. The molecule has 3 nitrogen and oxygen atoms in total. The van der Waals surface area contributed by atoms with E-state index in [0.29, 0.717) is 0 Å². The summed E-state index contributed by atoms with van der Waals surface area (Å²) < 4.78 is 9.36. The molecule has 0 N–H and O–H groups in total. The molecule has 1 atom stereocenters. The summed E-state index contributed by atoms with van der Waals surface area (Å²) in [6.45, 7) is 13.2. The smallest absolute Gasteiger partial charge is 0.210 e. The van der Waals surface area contributed by atoms with Crippen LogP contribution in [-0.4, -0.2) is 23.4 Å². The van der Waals surface area contributed by atoms with Gasteiger partial charge in [-0.25, -0.2) is 0 Å². The average molecular weight is 516 g/mol. The van der Waals surface area contributed by atoms with Gasteiger partial charge in [0.25, 0.3) is 0 Å². The molecule has 6 rings (SSSR count). The maximum Gasteiger partial charge on any atom is 0.210 e. The molecule has 0 bridgehead atoms. The van der Waals surface area contributed by atoms with Crippen LogP contribution < -0.4 is 9.64 Å². The van der Waals surface area contributed by atoms with E-state index in [4.69, 9.17) is 4.74 Å². The lowest BCUT2D eigenvalue weighted by molar-refractivity contribution is -0.437. The zero-order chi connectivity index (χ0) is 27.1. The van der Waals surface area contributed by atoms with Crippen LogP contribution in [0.25, 0.3) is 21.5 Å². The molecule has 4 aromatic rings. The molecule has 0 saturated carbocycles. The Balaban J connectivity index is 1.58. The van der Waals surface area contributed by atoms with Crippen molar-refractivity contribution in [3.63, 3.8) is 0 Å². The fourth-order valence-corrected chi connectivity index (χ4v) is 6.45. The lowest BCUT2D eigenvalue weighted by Crippen LogP contribution is -2.33. The van der Waals surface area contributed by atoms with Gasteiger partial charge in [0, 0.05) is 30.0 Å². The zero-order valence-corrected chi connectivity index (χ0v) is 23.9. The van der Waals surface area contributed by atoms with Crippen molar-refractivity contribution in [3.05, 3.63) is 102 Å². The Morgan fingerprint density at radius 2 is 1.56 bits per heavy atom. The van der Waals surface area contributed by atoms with Crippen molar-refractivity contribution in [2.24, 2.45) is 0 Å². The Hall–Kier alpha value is -3.85. The number of benzene rings is 4. The summed E-state index contributed by atoms with van der Waals surface area (Å²) in [4.78, 5) is 2.38. The van der Waals surface area contributed by atoms with Gasteiger partial charge in [-0.05, 0) is 61.9 Å². The minimum Gasteiger partial charge on any atom is -0.438 e. The molecule has 1 unspecified atom stereocenters. The Kier molecular flexibility index (Phi) is 6.54. The molecule has 0 radical (unpaired) electrons. The molecule has 2 aliphatic rings. The largest absolute Gasteiger partial charge is 0.438 e. The van der Waals surface area contributed by atoms with E-state index < -0.39 is 0 Å². The maximum atomic E-state index is 6.80. The molecule has 4 aromatic carbocycles. The predicted molar refractivity (Wildman–Crippen MR) is 166 cm³/mol. The van der Waals surface area contributed by atoms with E-state index in [2.05, 4.69) is 129 Å². The first-order valence-electron chi connectivity index (χ1n) is 14.5. The number of anilines is 1. The molecule has 0 fully saturated rings. The molecule has 2 aliphatic heterocycles. The van der Waals surface area contributed by atoms with Crippen LogP contribution in [0.15, 0.2) is 96.4 Å². The molecule has 0 aromatic heterocycles. The van der Waals surface area contributed by atoms with Crippen LogP contribution in [0.2, 0.25) is 0 Å². The Bertz CT molecular complexity index is 1670. The van der Waals surface area contributed by atoms with E-state index in [1.807, 2.05) is 0 Å². The van der Waals surface area contributed by atoms with Crippen LogP contribution in [0, 0.1) is 0 Å². The fraction of sp³-hybridized carbons (Fsp3) is 0.306. The first-order valence-corrected chi connectivity index (χ1v) is 14.5. The van der Waals surface area contributed by atoms with Crippen molar-refractivity contribution >= 4 is 38.6 Å². The Labute approximate surface area is 232 Å². The minimum absolute atomic E-state index is 0.187. The van der Waals surface area contributed by atoms with Crippen molar-refractivity contribution in [1.29, 1.82) is 0 Å². The second-order valence-corrected chi connectivity index (χ2v) is 11.4. The zero-order valence-electron chi connectivity index (χ0n) is 23.9. The average Bonchev–Trinajstić information content (AvgIpc) is 3.41. The molecular formula is C36H39N2O+. The predicted octanol–water partition coefficient (Wildman–Crippen LogP) is 9.27. The van der Waals surface area contributed by atoms with Gasteiger partial charge in [0.15, 0.2) is 11.5 Å². The number of allylic oxidation sites excluding steroid dienone is 3. The summed E-state index contributed by atoms with van der Waals surface area (Å²) in [6, 6.07) is 26.5. The lowest BCUT2D eigenvalue weighted by Gasteiger charge is -2.24. The van der Waals surface area contributed by atoms with E-state index in [-0.39, 0.29) is 5.41 Å². The summed E-state index contributed by atoms with van der Waals surface area (Å²) in [5, 5.41) is 5.03. The molecule has 0 amide bonds. The van der Waals surface area contributed by atoms with Gasteiger partial charge in [0.05, 0.1) is 17.2 Å². The number of rotatable bonds is 7. The molecular weight excluding hydrogens is 476 g/mol. The summed E-state index contributed by atoms with van der Waals surface area (Å²) in [6.07, 6.45) is 7.82. The van der Waals surface area contributed by atoms with Gasteiger partial charge in [0.2, 0.25) is 11.6 Å². The van der Waals surface area contributed by atoms with Crippen molar-refractivity contribution in [2.45, 2.75) is 59.3 Å². The van der Waals surface area contributed by atoms with E-state index in [0.717, 1.165) is 49.7 Å². The van der Waals surface area contributed by atoms with Gasteiger partial charge < -0.3 is 9.64 Å². The molecule has 0 saturated heterocycles. The van der Waals surface area contributed by atoms with E-state index >= 15 is 0 Å². The standard InChI is InChI=1S/C36H39N2O/c1-6-22-37-30-18-16-26-12-8-10-14-28(26)34(30)36(5,21-20-25(3)4)32(37)24-33-38(23-7-2)31-19-17-27-13-9-11-15-29(27)35(31)39-33/h8-20,24H,6-7,21-23H2,1-5H3/q+1. The van der Waals surface area contributed by atoms with Crippen molar-refractivity contribution in [3.8, 4) is 5.75 Å². The summed E-state index contributed by atoms with van der Waals surface area (Å²) >= 11 is 0. The highest BCUT2D eigenvalue weighted by molar-refractivity contribution is 6.09. The van der Waals surface area contributed by atoms with Crippen molar-refractivity contribution in [1.82, 2.24) is 0 Å². The molecule has 0 spiro atoms. The fourth-order valence-electron chi connectivity index (χ4n) is 6.45. The van der Waals surface area contributed by atoms with Crippen LogP contribution in [0.5, 0.6) is 5.75 Å². The minimum atomic E-state index is -0.187. The van der Waals surface area contributed by atoms with Crippen LogP contribution in [0.1, 0.15) is 59.4 Å². The van der Waals surface area contributed by atoms with E-state index in [1.165, 1.54) is 44.1 Å². The van der Waals surface area contributed by atoms with Crippen LogP contribution in [0.3, 0.4) is 0 Å². The Morgan fingerprint density at radius 1 is 0.872 bits per heavy atom. The highest BCUT2D eigenvalue weighted by Gasteiger charge is 2.49. The van der Waals surface area contributed by atoms with E-state index in [9.17, 15) is 0 Å². The maximum absolute atomic E-state index is 6.80. The number of hydrogen-bond acceptors (Lipinski definition) is 2. The normalized spacial score (nSPS) is 19.1. The van der Waals surface area contributed by atoms with Gasteiger partial charge in [-0.15, -0.1) is 0 Å². The van der Waals surface area contributed by atoms with Gasteiger partial charge in [-0.2, -0.15) is 4.58 Å². The van der Waals surface area contributed by atoms with Gasteiger partial charge in [-0.3, -0.25) is 0 Å². The first kappa shape index (κ1) is 25.4. The number of hydrogen-bond donors (Lipinski definition) is 0. The number of ether oxygens (including phenoxy) is 1. The third-order valence-corrected chi connectivity index (χ3v) is 8.30. The third-order valence-electron chi connectivity index (χ3n) is 8.30. The molecule has 39 heavy (non-hydrogen) atoms. The SMILES string of the molecule is CCCN1/C(=C/C2=[N+](CCC)c3ccc4ccccc4c3C2(C)CC=C(C)C)Oc2c1ccc1ccccc21. The van der Waals surface area contributed by atoms with Crippen LogP contribution in [0.4, 0.5) is 11.4 Å². The summed E-state index contributed by atoms with van der Waals surface area (Å²) in [5.74, 6) is 1.90. The highest BCUT2D eigenvalue weighted by Crippen LogP contribution is 2.49. The molecule has 0 aliphatic carbocycles. The second kappa shape index (κ2) is 10.0. The van der Waals surface area contributed by atoms with E-state index in [1.54, 1.807) is 0 Å². The van der Waals surface area contributed by atoms with Crippen molar-refractivity contribution in [2.75, 3.05) is 18.0 Å². The third kappa shape index (κ3) is 4.16. The lowest BCUT2D eigenvalue weighted by atomic mass is 9.74. The topological polar surface area (TPSA) is 15.5 Å². The van der Waals surface area contributed by atoms with Crippen LogP contribution >= 0.6 is 0 Å². The van der Waals surface area contributed by atoms with Gasteiger partial charge in [-0.1, -0.05) is 80.1 Å². The molecule has 2 heterocycles. The highest BCUT2D eigenvalue weighted by atomic mass is 16.5. The monoisotopic (exact) mass is 515 g/mol.